The quantitative estimate of drug-likeness (QED) is 0.354. The van der Waals surface area contributed by atoms with Crippen molar-refractivity contribution in [1.29, 1.82) is 5.41 Å². The molecular weight excluding hydrogens is 421 g/mol. The molecule has 0 fully saturated rings. The average Bonchev–Trinajstić information content (AvgIpc) is 3.24. The summed E-state index contributed by atoms with van der Waals surface area (Å²) in [6.45, 7) is 5.92. The first-order chi connectivity index (χ1) is 14.7. The van der Waals surface area contributed by atoms with Crippen LogP contribution >= 0.6 is 10.9 Å². The van der Waals surface area contributed by atoms with E-state index in [0.29, 0.717) is 28.1 Å². The third-order valence-corrected chi connectivity index (χ3v) is 7.88. The molecule has 7 heteroatoms. The Hall–Kier alpha value is -2.38. The second-order valence-corrected chi connectivity index (χ2v) is 9.70. The number of halogens is 3. The highest BCUT2D eigenvalue weighted by atomic mass is 32.2. The molecule has 166 valence electrons. The maximum absolute atomic E-state index is 14.0. The molecular formula is C24H27F3N2OS. The molecule has 0 bridgehead atoms. The first kappa shape index (κ1) is 23.3. The van der Waals surface area contributed by atoms with Crippen LogP contribution < -0.4 is 0 Å². The number of alkyl halides is 3. The van der Waals surface area contributed by atoms with E-state index < -0.39 is 28.7 Å². The molecule has 1 aliphatic heterocycles. The Morgan fingerprint density at radius 3 is 2.48 bits per heavy atom. The second kappa shape index (κ2) is 9.40. The van der Waals surface area contributed by atoms with E-state index in [1.807, 2.05) is 38.3 Å². The van der Waals surface area contributed by atoms with Crippen LogP contribution in [-0.2, 0) is 10.9 Å². The van der Waals surface area contributed by atoms with Crippen molar-refractivity contribution in [2.75, 3.05) is 7.11 Å². The van der Waals surface area contributed by atoms with Crippen LogP contribution in [0.25, 0.3) is 11.1 Å². The summed E-state index contributed by atoms with van der Waals surface area (Å²) in [6.07, 6.45) is 1.05. The van der Waals surface area contributed by atoms with Gasteiger partial charge in [0, 0.05) is 18.2 Å². The molecule has 2 heterocycles. The minimum absolute atomic E-state index is 0.183. The first-order valence-electron chi connectivity index (χ1n) is 10.1. The maximum atomic E-state index is 14.0. The van der Waals surface area contributed by atoms with E-state index in [1.54, 1.807) is 24.3 Å². The number of thiol groups is 1. The normalized spacial score (nSPS) is 18.3. The Morgan fingerprint density at radius 2 is 1.87 bits per heavy atom. The van der Waals surface area contributed by atoms with Crippen LogP contribution in [-0.4, -0.2) is 23.9 Å². The molecule has 1 N–H and O–H groups in total. The van der Waals surface area contributed by atoms with Crippen molar-refractivity contribution < 1.29 is 17.9 Å². The number of hydrogen-bond donors (Lipinski definition) is 2. The fourth-order valence-electron chi connectivity index (χ4n) is 3.65. The SMILES string of the molecule is CCC(OC)C(=N)c1cc(-c2ccc([SH]3C=CC=C3C(C)C)c(C(F)(F)F)c2)ccn1. The molecule has 0 saturated carbocycles. The van der Waals surface area contributed by atoms with Crippen LogP contribution in [0, 0.1) is 11.3 Å². The first-order valence-corrected chi connectivity index (χ1v) is 11.5. The highest BCUT2D eigenvalue weighted by Gasteiger charge is 2.36. The Labute approximate surface area is 183 Å². The fraction of sp³-hybridized carbons (Fsp3) is 0.333. The van der Waals surface area contributed by atoms with E-state index >= 15 is 0 Å². The van der Waals surface area contributed by atoms with Crippen molar-refractivity contribution in [1.82, 2.24) is 4.98 Å². The van der Waals surface area contributed by atoms with Gasteiger partial charge in [-0.3, -0.25) is 4.98 Å². The zero-order valence-corrected chi connectivity index (χ0v) is 18.9. The number of nitrogens with one attached hydrogen (secondary N) is 1. The van der Waals surface area contributed by atoms with Gasteiger partial charge in [0.05, 0.1) is 17.0 Å². The van der Waals surface area contributed by atoms with Crippen LogP contribution in [0.2, 0.25) is 0 Å². The van der Waals surface area contributed by atoms with E-state index in [-0.39, 0.29) is 11.6 Å². The Bertz CT molecular complexity index is 1020. The molecule has 0 aliphatic carbocycles. The van der Waals surface area contributed by atoms with Crippen molar-refractivity contribution in [2.24, 2.45) is 5.92 Å². The number of hydrogen-bond acceptors (Lipinski definition) is 3. The van der Waals surface area contributed by atoms with Crippen LogP contribution in [0.5, 0.6) is 0 Å². The molecule has 0 spiro atoms. The summed E-state index contributed by atoms with van der Waals surface area (Å²) in [6, 6.07) is 7.87. The third kappa shape index (κ3) is 4.93. The molecule has 31 heavy (non-hydrogen) atoms. The molecule has 3 rings (SSSR count). The number of rotatable bonds is 7. The molecule has 1 aliphatic rings. The fourth-order valence-corrected chi connectivity index (χ4v) is 6.01. The van der Waals surface area contributed by atoms with Crippen LogP contribution in [0.3, 0.4) is 0 Å². The monoisotopic (exact) mass is 448 g/mol. The van der Waals surface area contributed by atoms with Gasteiger partial charge in [-0.1, -0.05) is 39.0 Å². The standard InChI is InChI=1S/C24H27F3N2OS/c1-5-20(30-4)23(28)19-14-17(10-11-29-19)16-8-9-22(18(13-16)24(25,26)27)31-12-6-7-21(31)15(2)3/h6-15,20,28,31H,5H2,1-4H3. The Balaban J connectivity index is 2.05. The number of methoxy groups -OCH3 is 1. The minimum Gasteiger partial charge on any atom is -0.375 e. The lowest BCUT2D eigenvalue weighted by Gasteiger charge is -2.25. The van der Waals surface area contributed by atoms with E-state index in [1.165, 1.54) is 19.4 Å². The largest absolute Gasteiger partial charge is 0.417 e. The number of nitrogens with zero attached hydrogens (tertiary/aromatic N) is 1. The summed E-state index contributed by atoms with van der Waals surface area (Å²) in [7, 11) is 0.386. The van der Waals surface area contributed by atoms with Crippen molar-refractivity contribution >= 4 is 16.6 Å². The van der Waals surface area contributed by atoms with Crippen molar-refractivity contribution in [2.45, 2.75) is 44.4 Å². The van der Waals surface area contributed by atoms with E-state index in [4.69, 9.17) is 10.1 Å². The topological polar surface area (TPSA) is 46.0 Å². The zero-order chi connectivity index (χ0) is 22.8. The predicted molar refractivity (Wildman–Crippen MR) is 122 cm³/mol. The summed E-state index contributed by atoms with van der Waals surface area (Å²) in [4.78, 5) is 5.59. The molecule has 1 aromatic heterocycles. The highest BCUT2D eigenvalue weighted by Crippen LogP contribution is 2.55. The van der Waals surface area contributed by atoms with Crippen molar-refractivity contribution in [3.63, 3.8) is 0 Å². The molecule has 2 unspecified atom stereocenters. The van der Waals surface area contributed by atoms with Gasteiger partial charge in [0.25, 0.3) is 0 Å². The van der Waals surface area contributed by atoms with Gasteiger partial charge in [0.15, 0.2) is 0 Å². The van der Waals surface area contributed by atoms with Crippen LogP contribution in [0.1, 0.15) is 38.4 Å². The molecule has 2 aromatic rings. The summed E-state index contributed by atoms with van der Waals surface area (Å²) in [5.74, 6) is 0.183. The number of pyridine rings is 1. The number of aromatic nitrogens is 1. The average molecular weight is 449 g/mol. The molecule has 0 amide bonds. The molecule has 2 atom stereocenters. The molecule has 0 saturated heterocycles. The molecule has 0 radical (unpaired) electrons. The summed E-state index contributed by atoms with van der Waals surface area (Å²) < 4.78 is 47.4. The van der Waals surface area contributed by atoms with Gasteiger partial charge in [-0.25, -0.2) is 0 Å². The van der Waals surface area contributed by atoms with E-state index in [9.17, 15) is 13.2 Å². The van der Waals surface area contributed by atoms with Crippen molar-refractivity contribution in [3.05, 3.63) is 70.3 Å². The number of ether oxygens (including phenoxy) is 1. The van der Waals surface area contributed by atoms with Crippen LogP contribution in [0.15, 0.2) is 63.9 Å². The second-order valence-electron chi connectivity index (χ2n) is 7.66. The Morgan fingerprint density at radius 1 is 1.16 bits per heavy atom. The lowest BCUT2D eigenvalue weighted by Crippen LogP contribution is -2.23. The summed E-state index contributed by atoms with van der Waals surface area (Å²) >= 11 is 0. The zero-order valence-electron chi connectivity index (χ0n) is 18.0. The van der Waals surface area contributed by atoms with Crippen molar-refractivity contribution in [3.8, 4) is 11.1 Å². The van der Waals surface area contributed by atoms with Crippen LogP contribution in [0.4, 0.5) is 13.2 Å². The van der Waals surface area contributed by atoms with Gasteiger partial charge in [-0.15, -0.1) is 0 Å². The predicted octanol–water partition coefficient (Wildman–Crippen LogP) is 6.99. The van der Waals surface area contributed by atoms with Gasteiger partial charge in [0.2, 0.25) is 0 Å². The van der Waals surface area contributed by atoms with Gasteiger partial charge in [0.1, 0.15) is 6.10 Å². The third-order valence-electron chi connectivity index (χ3n) is 5.28. The lowest BCUT2D eigenvalue weighted by atomic mass is 10.0. The molecule has 1 aromatic carbocycles. The van der Waals surface area contributed by atoms with Gasteiger partial charge >= 0.3 is 6.18 Å². The summed E-state index contributed by atoms with van der Waals surface area (Å²) in [5.41, 5.74) is 1.05. The number of benzene rings is 1. The van der Waals surface area contributed by atoms with Gasteiger partial charge in [-0.2, -0.15) is 24.1 Å². The smallest absolute Gasteiger partial charge is 0.375 e. The highest BCUT2D eigenvalue weighted by molar-refractivity contribution is 8.23. The number of allylic oxidation sites excluding steroid dienone is 3. The maximum Gasteiger partial charge on any atom is 0.417 e. The van der Waals surface area contributed by atoms with E-state index in [0.717, 1.165) is 4.91 Å². The summed E-state index contributed by atoms with van der Waals surface area (Å²) in [5, 5.41) is 10.2. The molecule has 3 nitrogen and oxygen atoms in total. The van der Waals surface area contributed by atoms with Gasteiger partial charge < -0.3 is 10.1 Å². The van der Waals surface area contributed by atoms with E-state index in [2.05, 4.69) is 4.98 Å². The lowest BCUT2D eigenvalue weighted by molar-refractivity contribution is -0.139. The minimum atomic E-state index is -4.46. The van der Waals surface area contributed by atoms with Gasteiger partial charge in [-0.05, 0) is 58.0 Å². The Kier molecular flexibility index (Phi) is 7.06.